The van der Waals surface area contributed by atoms with Gasteiger partial charge in [-0.2, -0.15) is 0 Å². The van der Waals surface area contributed by atoms with Gasteiger partial charge in [0, 0.05) is 28.8 Å². The SMILES string of the molecule is Cc1ccc(NC(=O)c2cnc(Nc3cc(Cl)ccc3C)nc2)cc1. The first-order chi connectivity index (χ1) is 12.0. The number of hydrogen-bond donors (Lipinski definition) is 2. The molecule has 0 bridgehead atoms. The maximum absolute atomic E-state index is 12.2. The zero-order valence-electron chi connectivity index (χ0n) is 13.9. The summed E-state index contributed by atoms with van der Waals surface area (Å²) in [6.45, 7) is 3.95. The molecule has 0 unspecified atom stereocenters. The van der Waals surface area contributed by atoms with Gasteiger partial charge in [-0.05, 0) is 43.7 Å². The molecule has 0 aliphatic rings. The first-order valence-electron chi connectivity index (χ1n) is 7.74. The molecule has 1 heterocycles. The highest BCUT2D eigenvalue weighted by Crippen LogP contribution is 2.22. The third-order valence-corrected chi connectivity index (χ3v) is 3.90. The second kappa shape index (κ2) is 7.32. The Morgan fingerprint density at radius 1 is 1.00 bits per heavy atom. The molecular weight excluding hydrogens is 336 g/mol. The fourth-order valence-electron chi connectivity index (χ4n) is 2.20. The molecule has 1 amide bonds. The van der Waals surface area contributed by atoms with Crippen molar-refractivity contribution >= 4 is 34.8 Å². The smallest absolute Gasteiger partial charge is 0.258 e. The van der Waals surface area contributed by atoms with Gasteiger partial charge in [0.2, 0.25) is 5.95 Å². The number of nitrogens with zero attached hydrogens (tertiary/aromatic N) is 2. The van der Waals surface area contributed by atoms with Gasteiger partial charge in [-0.1, -0.05) is 35.4 Å². The summed E-state index contributed by atoms with van der Waals surface area (Å²) in [5, 5.41) is 6.54. The number of anilines is 3. The Bertz CT molecular complexity index is 892. The summed E-state index contributed by atoms with van der Waals surface area (Å²) < 4.78 is 0. The van der Waals surface area contributed by atoms with Crippen LogP contribution in [0.15, 0.2) is 54.9 Å². The maximum Gasteiger partial charge on any atom is 0.258 e. The molecule has 0 aliphatic carbocycles. The van der Waals surface area contributed by atoms with Gasteiger partial charge >= 0.3 is 0 Å². The maximum atomic E-state index is 12.2. The lowest BCUT2D eigenvalue weighted by Crippen LogP contribution is -2.13. The van der Waals surface area contributed by atoms with Crippen molar-refractivity contribution in [3.63, 3.8) is 0 Å². The predicted molar refractivity (Wildman–Crippen MR) is 101 cm³/mol. The average Bonchev–Trinajstić information content (AvgIpc) is 2.61. The fourth-order valence-corrected chi connectivity index (χ4v) is 2.37. The number of aromatic nitrogens is 2. The molecule has 5 nitrogen and oxygen atoms in total. The molecular formula is C19H17ClN4O. The van der Waals surface area contributed by atoms with Crippen LogP contribution in [0.2, 0.25) is 5.02 Å². The molecule has 0 radical (unpaired) electrons. The number of halogens is 1. The summed E-state index contributed by atoms with van der Waals surface area (Å²) in [4.78, 5) is 20.6. The standard InChI is InChI=1S/C19H17ClN4O/c1-12-3-7-16(8-4-12)23-18(25)14-10-21-19(22-11-14)24-17-9-15(20)6-5-13(17)2/h3-11H,1-2H3,(H,23,25)(H,21,22,24). The van der Waals surface area contributed by atoms with Gasteiger partial charge in [-0.3, -0.25) is 4.79 Å². The number of amides is 1. The summed E-state index contributed by atoms with van der Waals surface area (Å²) >= 11 is 6.00. The highest BCUT2D eigenvalue weighted by atomic mass is 35.5. The van der Waals surface area contributed by atoms with Crippen molar-refractivity contribution in [2.45, 2.75) is 13.8 Å². The summed E-state index contributed by atoms with van der Waals surface area (Å²) in [6, 6.07) is 13.1. The summed E-state index contributed by atoms with van der Waals surface area (Å²) in [5.41, 5.74) is 4.09. The van der Waals surface area contributed by atoms with Crippen molar-refractivity contribution in [2.24, 2.45) is 0 Å². The van der Waals surface area contributed by atoms with Crippen molar-refractivity contribution in [1.82, 2.24) is 9.97 Å². The molecule has 0 aliphatic heterocycles. The molecule has 6 heteroatoms. The first-order valence-corrected chi connectivity index (χ1v) is 8.12. The highest BCUT2D eigenvalue weighted by Gasteiger charge is 2.08. The Balaban J connectivity index is 1.70. The molecule has 0 fully saturated rings. The van der Waals surface area contributed by atoms with Crippen molar-refractivity contribution < 1.29 is 4.79 Å². The monoisotopic (exact) mass is 352 g/mol. The van der Waals surface area contributed by atoms with Crippen LogP contribution in [0.4, 0.5) is 17.3 Å². The van der Waals surface area contributed by atoms with E-state index in [1.165, 1.54) is 12.4 Å². The van der Waals surface area contributed by atoms with Gasteiger partial charge in [-0.15, -0.1) is 0 Å². The molecule has 2 aromatic carbocycles. The summed E-state index contributed by atoms with van der Waals surface area (Å²) in [6.07, 6.45) is 2.97. The Morgan fingerprint density at radius 3 is 2.36 bits per heavy atom. The van der Waals surface area contributed by atoms with Crippen LogP contribution in [0.5, 0.6) is 0 Å². The third-order valence-electron chi connectivity index (χ3n) is 3.67. The number of carbonyl (C=O) groups excluding carboxylic acids is 1. The van der Waals surface area contributed by atoms with Gasteiger partial charge in [0.25, 0.3) is 5.91 Å². The van der Waals surface area contributed by atoms with E-state index in [1.807, 2.05) is 50.2 Å². The molecule has 0 saturated carbocycles. The van der Waals surface area contributed by atoms with Crippen LogP contribution < -0.4 is 10.6 Å². The zero-order chi connectivity index (χ0) is 17.8. The van der Waals surface area contributed by atoms with Crippen LogP contribution in [0, 0.1) is 13.8 Å². The van der Waals surface area contributed by atoms with Crippen molar-refractivity contribution in [1.29, 1.82) is 0 Å². The predicted octanol–water partition coefficient (Wildman–Crippen LogP) is 4.74. The van der Waals surface area contributed by atoms with Gasteiger partial charge in [-0.25, -0.2) is 9.97 Å². The Morgan fingerprint density at radius 2 is 1.68 bits per heavy atom. The van der Waals surface area contributed by atoms with E-state index in [0.29, 0.717) is 16.5 Å². The minimum absolute atomic E-state index is 0.255. The summed E-state index contributed by atoms with van der Waals surface area (Å²) in [5.74, 6) is 0.145. The van der Waals surface area contributed by atoms with Crippen LogP contribution in [-0.4, -0.2) is 15.9 Å². The molecule has 25 heavy (non-hydrogen) atoms. The van der Waals surface area contributed by atoms with E-state index in [1.54, 1.807) is 6.07 Å². The van der Waals surface area contributed by atoms with Crippen molar-refractivity contribution in [2.75, 3.05) is 10.6 Å². The largest absolute Gasteiger partial charge is 0.324 e. The second-order valence-electron chi connectivity index (χ2n) is 5.70. The topological polar surface area (TPSA) is 66.9 Å². The molecule has 126 valence electrons. The average molecular weight is 353 g/mol. The number of carbonyl (C=O) groups is 1. The molecule has 0 spiro atoms. The fraction of sp³-hybridized carbons (Fsp3) is 0.105. The van der Waals surface area contributed by atoms with E-state index in [0.717, 1.165) is 22.5 Å². The quantitative estimate of drug-likeness (QED) is 0.711. The van der Waals surface area contributed by atoms with E-state index in [9.17, 15) is 4.79 Å². The lowest BCUT2D eigenvalue weighted by atomic mass is 10.2. The minimum atomic E-state index is -0.255. The van der Waals surface area contributed by atoms with Crippen LogP contribution in [0.1, 0.15) is 21.5 Å². The molecule has 0 atom stereocenters. The highest BCUT2D eigenvalue weighted by molar-refractivity contribution is 6.30. The molecule has 0 saturated heterocycles. The zero-order valence-corrected chi connectivity index (χ0v) is 14.6. The summed E-state index contributed by atoms with van der Waals surface area (Å²) in [7, 11) is 0. The Kier molecular flexibility index (Phi) is 4.95. The van der Waals surface area contributed by atoms with Gasteiger partial charge < -0.3 is 10.6 Å². The first kappa shape index (κ1) is 16.9. The lowest BCUT2D eigenvalue weighted by molar-refractivity contribution is 0.102. The minimum Gasteiger partial charge on any atom is -0.324 e. The van der Waals surface area contributed by atoms with Crippen molar-refractivity contribution in [3.05, 3.63) is 76.6 Å². The van der Waals surface area contributed by atoms with Crippen LogP contribution in [-0.2, 0) is 0 Å². The van der Waals surface area contributed by atoms with E-state index < -0.39 is 0 Å². The van der Waals surface area contributed by atoms with E-state index >= 15 is 0 Å². The molecule has 1 aromatic heterocycles. The van der Waals surface area contributed by atoms with E-state index in [4.69, 9.17) is 11.6 Å². The van der Waals surface area contributed by atoms with Crippen molar-refractivity contribution in [3.8, 4) is 0 Å². The number of nitrogens with one attached hydrogen (secondary N) is 2. The molecule has 3 rings (SSSR count). The Labute approximate surface area is 151 Å². The third kappa shape index (κ3) is 4.33. The van der Waals surface area contributed by atoms with Gasteiger partial charge in [0.05, 0.1) is 5.56 Å². The Hall–Kier alpha value is -2.92. The lowest BCUT2D eigenvalue weighted by Gasteiger charge is -2.09. The van der Waals surface area contributed by atoms with Crippen LogP contribution in [0.25, 0.3) is 0 Å². The molecule has 2 N–H and O–H groups in total. The second-order valence-corrected chi connectivity index (χ2v) is 6.14. The van der Waals surface area contributed by atoms with Gasteiger partial charge in [0.1, 0.15) is 0 Å². The number of benzene rings is 2. The molecule has 3 aromatic rings. The normalized spacial score (nSPS) is 10.4. The van der Waals surface area contributed by atoms with E-state index in [-0.39, 0.29) is 5.91 Å². The number of rotatable bonds is 4. The van der Waals surface area contributed by atoms with E-state index in [2.05, 4.69) is 20.6 Å². The van der Waals surface area contributed by atoms with Gasteiger partial charge in [0.15, 0.2) is 0 Å². The van der Waals surface area contributed by atoms with Crippen LogP contribution >= 0.6 is 11.6 Å². The number of hydrogen-bond acceptors (Lipinski definition) is 4. The number of aryl methyl sites for hydroxylation is 2. The van der Waals surface area contributed by atoms with Crippen LogP contribution in [0.3, 0.4) is 0 Å².